The lowest BCUT2D eigenvalue weighted by Gasteiger charge is -2.23. The first kappa shape index (κ1) is 8.26. The zero-order valence-corrected chi connectivity index (χ0v) is 7.29. The van der Waals surface area contributed by atoms with E-state index in [-0.39, 0.29) is 11.9 Å². The maximum absolute atomic E-state index is 10.9. The van der Waals surface area contributed by atoms with E-state index in [4.69, 9.17) is 0 Å². The van der Waals surface area contributed by atoms with E-state index < -0.39 is 0 Å². The number of amides is 1. The predicted molar refractivity (Wildman–Crippen MR) is 49.7 cm³/mol. The molecule has 0 bridgehead atoms. The molecule has 1 heterocycles. The van der Waals surface area contributed by atoms with Gasteiger partial charge in [0.1, 0.15) is 0 Å². The Labute approximate surface area is 77.1 Å². The van der Waals surface area contributed by atoms with Crippen LogP contribution in [0.4, 0.5) is 0 Å². The molecule has 1 fully saturated rings. The second-order valence-corrected chi connectivity index (χ2v) is 3.19. The number of carbonyl (C=O) groups excluding carboxylic acids is 1. The standard InChI is InChI=1S/C10H12N2O/c13-10-7-6-9(11-12-10)8-4-2-1-3-5-8/h1-5,9,11H,6-7H2,(H,12,13). The molecule has 1 atom stereocenters. The zero-order chi connectivity index (χ0) is 9.10. The number of hydrogen-bond acceptors (Lipinski definition) is 2. The maximum atomic E-state index is 10.9. The first-order valence-corrected chi connectivity index (χ1v) is 4.45. The number of nitrogens with one attached hydrogen (secondary N) is 2. The van der Waals surface area contributed by atoms with E-state index in [9.17, 15) is 4.79 Å². The maximum Gasteiger partial charge on any atom is 0.234 e. The Morgan fingerprint density at radius 1 is 1.23 bits per heavy atom. The second-order valence-electron chi connectivity index (χ2n) is 3.19. The highest BCUT2D eigenvalue weighted by atomic mass is 16.2. The van der Waals surface area contributed by atoms with Crippen molar-refractivity contribution in [1.82, 2.24) is 10.9 Å². The summed E-state index contributed by atoms with van der Waals surface area (Å²) in [5, 5.41) is 0. The smallest absolute Gasteiger partial charge is 0.234 e. The van der Waals surface area contributed by atoms with Crippen LogP contribution in [0.2, 0.25) is 0 Å². The van der Waals surface area contributed by atoms with Crippen LogP contribution < -0.4 is 10.9 Å². The average Bonchev–Trinajstić information content (AvgIpc) is 2.20. The summed E-state index contributed by atoms with van der Waals surface area (Å²) in [7, 11) is 0. The molecule has 68 valence electrons. The molecule has 0 spiro atoms. The van der Waals surface area contributed by atoms with Crippen molar-refractivity contribution in [2.24, 2.45) is 0 Å². The molecule has 3 heteroatoms. The van der Waals surface area contributed by atoms with E-state index in [1.165, 1.54) is 5.56 Å². The number of carbonyl (C=O) groups is 1. The summed E-state index contributed by atoms with van der Waals surface area (Å²) in [6.45, 7) is 0. The van der Waals surface area contributed by atoms with Gasteiger partial charge in [-0.15, -0.1) is 0 Å². The highest BCUT2D eigenvalue weighted by molar-refractivity contribution is 5.76. The van der Waals surface area contributed by atoms with Gasteiger partial charge in [-0.05, 0) is 12.0 Å². The topological polar surface area (TPSA) is 41.1 Å². The van der Waals surface area contributed by atoms with Crippen molar-refractivity contribution in [3.63, 3.8) is 0 Å². The van der Waals surface area contributed by atoms with Crippen molar-refractivity contribution in [3.8, 4) is 0 Å². The summed E-state index contributed by atoms with van der Waals surface area (Å²) in [6, 6.07) is 10.4. The van der Waals surface area contributed by atoms with Crippen molar-refractivity contribution in [2.75, 3.05) is 0 Å². The Morgan fingerprint density at radius 3 is 2.62 bits per heavy atom. The first-order valence-electron chi connectivity index (χ1n) is 4.45. The van der Waals surface area contributed by atoms with E-state index in [2.05, 4.69) is 23.0 Å². The van der Waals surface area contributed by atoms with Crippen LogP contribution in [-0.4, -0.2) is 5.91 Å². The largest absolute Gasteiger partial charge is 0.291 e. The van der Waals surface area contributed by atoms with Crippen molar-refractivity contribution in [3.05, 3.63) is 35.9 Å². The van der Waals surface area contributed by atoms with Crippen LogP contribution in [0, 0.1) is 0 Å². The van der Waals surface area contributed by atoms with Gasteiger partial charge in [-0.2, -0.15) is 0 Å². The number of rotatable bonds is 1. The van der Waals surface area contributed by atoms with E-state index in [1.54, 1.807) is 0 Å². The number of hydrazine groups is 1. The van der Waals surface area contributed by atoms with E-state index in [0.717, 1.165) is 6.42 Å². The predicted octanol–water partition coefficient (Wildman–Crippen LogP) is 1.14. The Bertz CT molecular complexity index is 287. The van der Waals surface area contributed by atoms with Gasteiger partial charge in [0, 0.05) is 6.42 Å². The van der Waals surface area contributed by atoms with Gasteiger partial charge < -0.3 is 0 Å². The molecule has 2 rings (SSSR count). The lowest BCUT2D eigenvalue weighted by molar-refractivity contribution is -0.124. The molecule has 0 radical (unpaired) electrons. The molecule has 2 N–H and O–H groups in total. The lowest BCUT2D eigenvalue weighted by atomic mass is 10.0. The molecule has 3 nitrogen and oxygen atoms in total. The summed E-state index contributed by atoms with van der Waals surface area (Å²) in [5.41, 5.74) is 6.85. The van der Waals surface area contributed by atoms with Crippen LogP contribution in [0.5, 0.6) is 0 Å². The van der Waals surface area contributed by atoms with Crippen LogP contribution in [0.25, 0.3) is 0 Å². The van der Waals surface area contributed by atoms with Crippen LogP contribution in [0.1, 0.15) is 24.4 Å². The summed E-state index contributed by atoms with van der Waals surface area (Å²) < 4.78 is 0. The highest BCUT2D eigenvalue weighted by Crippen LogP contribution is 2.19. The van der Waals surface area contributed by atoms with E-state index >= 15 is 0 Å². The summed E-state index contributed by atoms with van der Waals surface area (Å²) in [5.74, 6) is 0.0761. The van der Waals surface area contributed by atoms with Gasteiger partial charge in [0.05, 0.1) is 6.04 Å². The minimum Gasteiger partial charge on any atom is -0.291 e. The molecule has 0 saturated carbocycles. The Kier molecular flexibility index (Phi) is 2.27. The van der Waals surface area contributed by atoms with Crippen molar-refractivity contribution in [1.29, 1.82) is 0 Å². The quantitative estimate of drug-likeness (QED) is 0.673. The number of benzene rings is 1. The second kappa shape index (κ2) is 3.58. The van der Waals surface area contributed by atoms with Crippen molar-refractivity contribution >= 4 is 5.91 Å². The van der Waals surface area contributed by atoms with Crippen LogP contribution in [0.3, 0.4) is 0 Å². The fourth-order valence-electron chi connectivity index (χ4n) is 1.51. The van der Waals surface area contributed by atoms with Gasteiger partial charge in [-0.3, -0.25) is 10.2 Å². The zero-order valence-electron chi connectivity index (χ0n) is 7.29. The van der Waals surface area contributed by atoms with Gasteiger partial charge >= 0.3 is 0 Å². The third kappa shape index (κ3) is 1.87. The minimum atomic E-state index is 0.0761. The summed E-state index contributed by atoms with van der Waals surface area (Å²) in [4.78, 5) is 10.9. The SMILES string of the molecule is O=C1CCC(c2ccccc2)NN1. The van der Waals surface area contributed by atoms with Gasteiger partial charge in [0.2, 0.25) is 5.91 Å². The fourth-order valence-corrected chi connectivity index (χ4v) is 1.51. The first-order chi connectivity index (χ1) is 6.36. The molecule has 0 aromatic heterocycles. The van der Waals surface area contributed by atoms with Crippen molar-refractivity contribution in [2.45, 2.75) is 18.9 Å². The van der Waals surface area contributed by atoms with Crippen LogP contribution in [-0.2, 0) is 4.79 Å². The number of hydrogen-bond donors (Lipinski definition) is 2. The molecule has 1 aliphatic rings. The molecule has 0 aliphatic carbocycles. The summed E-state index contributed by atoms with van der Waals surface area (Å²) >= 11 is 0. The molecule has 1 aliphatic heterocycles. The van der Waals surface area contributed by atoms with Gasteiger partial charge in [-0.25, -0.2) is 5.43 Å². The third-order valence-electron chi connectivity index (χ3n) is 2.25. The average molecular weight is 176 g/mol. The molecule has 1 aromatic rings. The Hall–Kier alpha value is -1.35. The summed E-state index contributed by atoms with van der Waals surface area (Å²) in [6.07, 6.45) is 1.47. The fraction of sp³-hybridized carbons (Fsp3) is 0.300. The highest BCUT2D eigenvalue weighted by Gasteiger charge is 2.17. The van der Waals surface area contributed by atoms with E-state index in [1.807, 2.05) is 18.2 Å². The van der Waals surface area contributed by atoms with Gasteiger partial charge in [-0.1, -0.05) is 30.3 Å². The molecule has 13 heavy (non-hydrogen) atoms. The van der Waals surface area contributed by atoms with Crippen LogP contribution in [0.15, 0.2) is 30.3 Å². The van der Waals surface area contributed by atoms with Gasteiger partial charge in [0.25, 0.3) is 0 Å². The minimum absolute atomic E-state index is 0.0761. The molecular formula is C10H12N2O. The molecule has 1 amide bonds. The van der Waals surface area contributed by atoms with Crippen LogP contribution >= 0.6 is 0 Å². The Morgan fingerprint density at radius 2 is 2.00 bits per heavy atom. The normalized spacial score (nSPS) is 22.5. The molecule has 1 aromatic carbocycles. The van der Waals surface area contributed by atoms with Gasteiger partial charge in [0.15, 0.2) is 0 Å². The molecule has 1 saturated heterocycles. The monoisotopic (exact) mass is 176 g/mol. The lowest BCUT2D eigenvalue weighted by Crippen LogP contribution is -2.44. The third-order valence-corrected chi connectivity index (χ3v) is 2.25. The molecular weight excluding hydrogens is 164 g/mol. The molecule has 1 unspecified atom stereocenters. The Balaban J connectivity index is 2.07. The van der Waals surface area contributed by atoms with Crippen molar-refractivity contribution < 1.29 is 4.79 Å². The van der Waals surface area contributed by atoms with E-state index in [0.29, 0.717) is 6.42 Å².